The van der Waals surface area contributed by atoms with Crippen LogP contribution in [0.3, 0.4) is 0 Å². The summed E-state index contributed by atoms with van der Waals surface area (Å²) in [4.78, 5) is 28.6. The molecule has 2 amide bonds. The van der Waals surface area contributed by atoms with Gasteiger partial charge >= 0.3 is 0 Å². The molecule has 4 rings (SSSR count). The van der Waals surface area contributed by atoms with Crippen LogP contribution in [0.15, 0.2) is 66.7 Å². The van der Waals surface area contributed by atoms with Crippen molar-refractivity contribution in [3.05, 3.63) is 88.4 Å². The van der Waals surface area contributed by atoms with Gasteiger partial charge in [0, 0.05) is 28.4 Å². The van der Waals surface area contributed by atoms with Crippen LogP contribution in [-0.2, 0) is 9.59 Å². The Morgan fingerprint density at radius 2 is 1.79 bits per heavy atom. The third-order valence-electron chi connectivity index (χ3n) is 6.16. The van der Waals surface area contributed by atoms with Crippen molar-refractivity contribution >= 4 is 34.8 Å². The maximum absolute atomic E-state index is 13.6. The highest BCUT2D eigenvalue weighted by atomic mass is 35.5. The highest BCUT2D eigenvalue weighted by molar-refractivity contribution is 6.31. The number of hydrogen-bond donors (Lipinski definition) is 1. The molecule has 2 atom stereocenters. The number of nitrogens with zero attached hydrogens (tertiary/aromatic N) is 1. The van der Waals surface area contributed by atoms with Crippen LogP contribution in [0.1, 0.15) is 35.6 Å². The van der Waals surface area contributed by atoms with E-state index < -0.39 is 12.0 Å². The minimum atomic E-state index is -0.510. The van der Waals surface area contributed by atoms with Gasteiger partial charge < -0.3 is 15.0 Å². The molecule has 1 saturated heterocycles. The van der Waals surface area contributed by atoms with Crippen LogP contribution in [0.25, 0.3) is 0 Å². The van der Waals surface area contributed by atoms with Crippen molar-refractivity contribution in [3.8, 4) is 5.75 Å². The largest absolute Gasteiger partial charge is 0.496 e. The number of benzene rings is 3. The number of ether oxygens (including phenoxy) is 1. The third-order valence-corrected chi connectivity index (χ3v) is 6.40. The van der Waals surface area contributed by atoms with Gasteiger partial charge in [0.15, 0.2) is 0 Å². The Kier molecular flexibility index (Phi) is 6.70. The number of hydrogen-bond acceptors (Lipinski definition) is 3. The number of halogens is 1. The Balaban J connectivity index is 1.79. The Morgan fingerprint density at radius 3 is 2.52 bits per heavy atom. The summed E-state index contributed by atoms with van der Waals surface area (Å²) in [7, 11) is 1.60. The predicted octanol–water partition coefficient (Wildman–Crippen LogP) is 6.09. The van der Waals surface area contributed by atoms with E-state index in [1.807, 2.05) is 68.4 Å². The molecular formula is C27H27ClN2O3. The molecular weight excluding hydrogens is 436 g/mol. The lowest BCUT2D eigenvalue weighted by molar-refractivity contribution is -0.126. The zero-order valence-electron chi connectivity index (χ0n) is 19.0. The standard InChI is InChI=1S/C27H27ClN2O3/c1-17-8-12-20(13-9-17)30-25(31)15-14-22(26(30)21-6-4-5-7-24(21)33-3)27(32)29-23-16-19(28)11-10-18(23)2/h4-13,16,22,26H,14-15H2,1-3H3,(H,29,32). The van der Waals surface area contributed by atoms with Crippen molar-refractivity contribution in [2.45, 2.75) is 32.7 Å². The summed E-state index contributed by atoms with van der Waals surface area (Å²) in [5.41, 5.74) is 4.26. The first kappa shape index (κ1) is 22.9. The van der Waals surface area contributed by atoms with Crippen LogP contribution < -0.4 is 15.0 Å². The van der Waals surface area contributed by atoms with E-state index in [0.717, 1.165) is 22.4 Å². The molecule has 33 heavy (non-hydrogen) atoms. The van der Waals surface area contributed by atoms with Gasteiger partial charge in [-0.15, -0.1) is 0 Å². The normalized spacial score (nSPS) is 18.2. The molecule has 0 bridgehead atoms. The number of piperidine rings is 1. The number of nitrogens with one attached hydrogen (secondary N) is 1. The van der Waals surface area contributed by atoms with E-state index in [0.29, 0.717) is 22.9 Å². The van der Waals surface area contributed by atoms with Gasteiger partial charge in [0.1, 0.15) is 5.75 Å². The second-order valence-electron chi connectivity index (χ2n) is 8.38. The maximum Gasteiger partial charge on any atom is 0.229 e. The Labute approximate surface area is 199 Å². The van der Waals surface area contributed by atoms with E-state index in [9.17, 15) is 9.59 Å². The molecule has 1 fully saturated rings. The quantitative estimate of drug-likeness (QED) is 0.499. The molecule has 1 aliphatic rings. The number of anilines is 2. The average molecular weight is 463 g/mol. The van der Waals surface area contributed by atoms with Crippen LogP contribution >= 0.6 is 11.6 Å². The summed E-state index contributed by atoms with van der Waals surface area (Å²) < 4.78 is 5.63. The average Bonchev–Trinajstić information content (AvgIpc) is 2.82. The monoisotopic (exact) mass is 462 g/mol. The van der Waals surface area contributed by atoms with Gasteiger partial charge in [-0.05, 0) is 56.2 Å². The highest BCUT2D eigenvalue weighted by Crippen LogP contribution is 2.43. The number of carbonyl (C=O) groups excluding carboxylic acids is 2. The summed E-state index contributed by atoms with van der Waals surface area (Å²) in [5.74, 6) is 0.00311. The van der Waals surface area contributed by atoms with Gasteiger partial charge in [-0.2, -0.15) is 0 Å². The minimum absolute atomic E-state index is 0.0160. The minimum Gasteiger partial charge on any atom is -0.496 e. The summed E-state index contributed by atoms with van der Waals surface area (Å²) in [6.07, 6.45) is 0.724. The highest BCUT2D eigenvalue weighted by Gasteiger charge is 2.42. The van der Waals surface area contributed by atoms with Crippen molar-refractivity contribution in [2.75, 3.05) is 17.3 Å². The fourth-order valence-corrected chi connectivity index (χ4v) is 4.57. The van der Waals surface area contributed by atoms with Crippen molar-refractivity contribution in [1.29, 1.82) is 0 Å². The fraction of sp³-hybridized carbons (Fsp3) is 0.259. The summed E-state index contributed by atoms with van der Waals surface area (Å²) in [6.45, 7) is 3.93. The van der Waals surface area contributed by atoms with E-state index in [4.69, 9.17) is 16.3 Å². The fourth-order valence-electron chi connectivity index (χ4n) is 4.40. The number of amides is 2. The van der Waals surface area contributed by atoms with Crippen molar-refractivity contribution in [3.63, 3.8) is 0 Å². The summed E-state index contributed by atoms with van der Waals surface area (Å²) in [5, 5.41) is 3.60. The molecule has 170 valence electrons. The van der Waals surface area contributed by atoms with E-state index in [1.165, 1.54) is 0 Å². The molecule has 1 N–H and O–H groups in total. The van der Waals surface area contributed by atoms with E-state index in [2.05, 4.69) is 5.32 Å². The third kappa shape index (κ3) is 4.74. The molecule has 3 aromatic rings. The zero-order valence-corrected chi connectivity index (χ0v) is 19.7. The molecule has 0 spiro atoms. The summed E-state index contributed by atoms with van der Waals surface area (Å²) >= 11 is 6.16. The van der Waals surface area contributed by atoms with E-state index >= 15 is 0 Å². The van der Waals surface area contributed by atoms with Crippen molar-refractivity contribution in [1.82, 2.24) is 0 Å². The molecule has 0 aromatic heterocycles. The molecule has 0 saturated carbocycles. The Bertz CT molecular complexity index is 1180. The Hall–Kier alpha value is -3.31. The summed E-state index contributed by atoms with van der Waals surface area (Å²) in [6, 6.07) is 20.3. The first-order valence-corrected chi connectivity index (χ1v) is 11.4. The SMILES string of the molecule is COc1ccccc1C1C(C(=O)Nc2cc(Cl)ccc2C)CCC(=O)N1c1ccc(C)cc1. The number of rotatable bonds is 5. The van der Waals surface area contributed by atoms with Crippen LogP contribution in [0.2, 0.25) is 5.02 Å². The van der Waals surface area contributed by atoms with Crippen LogP contribution in [-0.4, -0.2) is 18.9 Å². The van der Waals surface area contributed by atoms with Gasteiger partial charge in [0.25, 0.3) is 0 Å². The number of para-hydroxylation sites is 1. The first-order valence-electron chi connectivity index (χ1n) is 11.0. The molecule has 3 aromatic carbocycles. The second kappa shape index (κ2) is 9.67. The molecule has 6 heteroatoms. The molecule has 5 nitrogen and oxygen atoms in total. The molecule has 0 radical (unpaired) electrons. The van der Waals surface area contributed by atoms with Crippen LogP contribution in [0.5, 0.6) is 5.75 Å². The van der Waals surface area contributed by atoms with Gasteiger partial charge in [0.05, 0.1) is 19.1 Å². The lowest BCUT2D eigenvalue weighted by Crippen LogP contribution is -2.47. The molecule has 1 heterocycles. The maximum atomic E-state index is 13.6. The number of carbonyl (C=O) groups is 2. The molecule has 1 aliphatic heterocycles. The van der Waals surface area contributed by atoms with Crippen molar-refractivity contribution in [2.24, 2.45) is 5.92 Å². The zero-order chi connectivity index (χ0) is 23.5. The smallest absolute Gasteiger partial charge is 0.229 e. The topological polar surface area (TPSA) is 58.6 Å². The second-order valence-corrected chi connectivity index (χ2v) is 8.82. The Morgan fingerprint density at radius 1 is 1.06 bits per heavy atom. The van der Waals surface area contributed by atoms with Gasteiger partial charge in [-0.3, -0.25) is 9.59 Å². The van der Waals surface area contributed by atoms with Gasteiger partial charge in [-0.25, -0.2) is 0 Å². The van der Waals surface area contributed by atoms with Crippen LogP contribution in [0, 0.1) is 19.8 Å². The van der Waals surface area contributed by atoms with E-state index in [-0.39, 0.29) is 18.2 Å². The first-order chi connectivity index (χ1) is 15.9. The number of methoxy groups -OCH3 is 1. The van der Waals surface area contributed by atoms with Gasteiger partial charge in [-0.1, -0.05) is 53.6 Å². The molecule has 2 unspecified atom stereocenters. The van der Waals surface area contributed by atoms with Crippen molar-refractivity contribution < 1.29 is 14.3 Å². The number of aryl methyl sites for hydroxylation is 2. The van der Waals surface area contributed by atoms with E-state index in [1.54, 1.807) is 24.1 Å². The lowest BCUT2D eigenvalue weighted by atomic mass is 9.82. The predicted molar refractivity (Wildman–Crippen MR) is 132 cm³/mol. The van der Waals surface area contributed by atoms with Gasteiger partial charge in [0.2, 0.25) is 11.8 Å². The lowest BCUT2D eigenvalue weighted by Gasteiger charge is -2.41. The molecule has 0 aliphatic carbocycles. The van der Waals surface area contributed by atoms with Crippen LogP contribution in [0.4, 0.5) is 11.4 Å².